The van der Waals surface area contributed by atoms with E-state index in [0.717, 1.165) is 10.9 Å². The number of carbonyl (C=O) groups excluding carboxylic acids is 2. The largest absolute Gasteiger partial charge is 0.398 e. The number of nitrogens with one attached hydrogen (secondary N) is 1. The molecular weight excluding hydrogens is 298 g/mol. The summed E-state index contributed by atoms with van der Waals surface area (Å²) in [6.07, 6.45) is 0.767. The van der Waals surface area contributed by atoms with Crippen LogP contribution in [0.25, 0.3) is 0 Å². The highest BCUT2D eigenvalue weighted by Gasteiger charge is 2.21. The summed E-state index contributed by atoms with van der Waals surface area (Å²) in [5.74, 6) is -0.280. The second-order valence-corrected chi connectivity index (χ2v) is 5.02. The Labute approximate surface area is 113 Å². The molecule has 1 fully saturated rings. The number of halogens is 1. The molecule has 5 nitrogen and oxygen atoms in total. The lowest BCUT2D eigenvalue weighted by Crippen LogP contribution is -2.37. The maximum absolute atomic E-state index is 12.2. The van der Waals surface area contributed by atoms with E-state index in [1.807, 2.05) is 0 Å². The van der Waals surface area contributed by atoms with Gasteiger partial charge >= 0.3 is 0 Å². The average Bonchev–Trinajstić information content (AvgIpc) is 2.56. The molecule has 0 atom stereocenters. The fourth-order valence-corrected chi connectivity index (χ4v) is 2.09. The fourth-order valence-electron chi connectivity index (χ4n) is 1.84. The van der Waals surface area contributed by atoms with Gasteiger partial charge in [0.05, 0.1) is 6.54 Å². The number of benzene rings is 1. The van der Waals surface area contributed by atoms with Gasteiger partial charge in [0.2, 0.25) is 5.91 Å². The van der Waals surface area contributed by atoms with Gasteiger partial charge in [-0.15, -0.1) is 0 Å². The van der Waals surface area contributed by atoms with Crippen molar-refractivity contribution in [2.24, 2.45) is 0 Å². The number of nitrogens with two attached hydrogens (primary N) is 1. The van der Waals surface area contributed by atoms with Gasteiger partial charge in [-0.1, -0.05) is 0 Å². The number of nitrogens with zero attached hydrogens (tertiary/aromatic N) is 1. The summed E-state index contributed by atoms with van der Waals surface area (Å²) >= 11 is 3.28. The van der Waals surface area contributed by atoms with Gasteiger partial charge in [-0.05, 0) is 40.5 Å². The standard InChI is InChI=1S/C12H14BrN3O2/c13-9-3-2-8(6-10(9)14)12(18)16-5-1-4-15-11(17)7-16/h2-3,6H,1,4-5,7,14H2,(H,15,17). The molecule has 1 aromatic rings. The van der Waals surface area contributed by atoms with E-state index in [1.54, 1.807) is 23.1 Å². The highest BCUT2D eigenvalue weighted by molar-refractivity contribution is 9.10. The predicted octanol–water partition coefficient (Wildman–Crippen LogP) is 0.993. The topological polar surface area (TPSA) is 75.4 Å². The first-order valence-corrected chi connectivity index (χ1v) is 6.48. The van der Waals surface area contributed by atoms with Crippen molar-refractivity contribution in [3.05, 3.63) is 28.2 Å². The lowest BCUT2D eigenvalue weighted by molar-refractivity contribution is -0.121. The summed E-state index contributed by atoms with van der Waals surface area (Å²) < 4.78 is 0.757. The van der Waals surface area contributed by atoms with Crippen LogP contribution in [0.2, 0.25) is 0 Å². The highest BCUT2D eigenvalue weighted by Crippen LogP contribution is 2.21. The molecule has 0 spiro atoms. The molecule has 1 aliphatic heterocycles. The molecule has 2 amide bonds. The summed E-state index contributed by atoms with van der Waals surface area (Å²) in [5, 5.41) is 2.74. The Bertz CT molecular complexity index is 490. The zero-order valence-electron chi connectivity index (χ0n) is 9.78. The third kappa shape index (κ3) is 2.81. The number of amides is 2. The first-order chi connectivity index (χ1) is 8.58. The van der Waals surface area contributed by atoms with E-state index in [9.17, 15) is 9.59 Å². The molecule has 96 valence electrons. The van der Waals surface area contributed by atoms with Gasteiger partial charge in [0.25, 0.3) is 5.91 Å². The van der Waals surface area contributed by atoms with Crippen molar-refractivity contribution < 1.29 is 9.59 Å². The highest BCUT2D eigenvalue weighted by atomic mass is 79.9. The van der Waals surface area contributed by atoms with Crippen molar-refractivity contribution in [2.45, 2.75) is 6.42 Å². The second-order valence-electron chi connectivity index (χ2n) is 4.17. The van der Waals surface area contributed by atoms with Crippen LogP contribution in [0.15, 0.2) is 22.7 Å². The van der Waals surface area contributed by atoms with Crippen molar-refractivity contribution >= 4 is 33.4 Å². The average molecular weight is 312 g/mol. The zero-order chi connectivity index (χ0) is 13.1. The Kier molecular flexibility index (Phi) is 3.86. The molecule has 0 aromatic heterocycles. The van der Waals surface area contributed by atoms with Crippen LogP contribution >= 0.6 is 15.9 Å². The van der Waals surface area contributed by atoms with Gasteiger partial charge < -0.3 is 16.0 Å². The van der Waals surface area contributed by atoms with E-state index in [2.05, 4.69) is 21.2 Å². The Morgan fingerprint density at radius 2 is 2.22 bits per heavy atom. The number of anilines is 1. The van der Waals surface area contributed by atoms with Crippen molar-refractivity contribution in [1.82, 2.24) is 10.2 Å². The number of nitrogen functional groups attached to an aromatic ring is 1. The van der Waals surface area contributed by atoms with Gasteiger partial charge in [-0.25, -0.2) is 0 Å². The van der Waals surface area contributed by atoms with Crippen molar-refractivity contribution in [2.75, 3.05) is 25.4 Å². The van der Waals surface area contributed by atoms with Crippen LogP contribution in [0, 0.1) is 0 Å². The van der Waals surface area contributed by atoms with Crippen LogP contribution in [-0.2, 0) is 4.79 Å². The van der Waals surface area contributed by atoms with Crippen LogP contribution < -0.4 is 11.1 Å². The molecule has 0 unspecified atom stereocenters. The van der Waals surface area contributed by atoms with E-state index in [1.165, 1.54) is 0 Å². The number of rotatable bonds is 1. The van der Waals surface area contributed by atoms with Crippen molar-refractivity contribution in [3.63, 3.8) is 0 Å². The molecule has 0 aliphatic carbocycles. The molecule has 18 heavy (non-hydrogen) atoms. The summed E-state index contributed by atoms with van der Waals surface area (Å²) in [6.45, 7) is 1.30. The summed E-state index contributed by atoms with van der Waals surface area (Å²) in [7, 11) is 0. The summed E-state index contributed by atoms with van der Waals surface area (Å²) in [5.41, 5.74) is 6.77. The molecule has 1 heterocycles. The molecule has 3 N–H and O–H groups in total. The first kappa shape index (κ1) is 12.9. The minimum Gasteiger partial charge on any atom is -0.398 e. The van der Waals surface area contributed by atoms with E-state index in [-0.39, 0.29) is 18.4 Å². The van der Waals surface area contributed by atoms with Crippen LogP contribution in [0.3, 0.4) is 0 Å². The minimum atomic E-state index is -0.161. The first-order valence-electron chi connectivity index (χ1n) is 5.69. The normalized spacial score (nSPS) is 16.1. The van der Waals surface area contributed by atoms with Crippen LogP contribution in [0.4, 0.5) is 5.69 Å². The van der Waals surface area contributed by atoms with Crippen molar-refractivity contribution in [3.8, 4) is 0 Å². The van der Waals surface area contributed by atoms with Crippen LogP contribution in [0.5, 0.6) is 0 Å². The molecule has 1 aliphatic rings. The van der Waals surface area contributed by atoms with Gasteiger partial charge in [-0.3, -0.25) is 9.59 Å². The van der Waals surface area contributed by atoms with E-state index < -0.39 is 0 Å². The molecule has 0 saturated carbocycles. The molecule has 1 saturated heterocycles. The monoisotopic (exact) mass is 311 g/mol. The van der Waals surface area contributed by atoms with Crippen LogP contribution in [-0.4, -0.2) is 36.3 Å². The SMILES string of the molecule is Nc1cc(C(=O)N2CCCNC(=O)C2)ccc1Br. The quantitative estimate of drug-likeness (QED) is 0.760. The molecule has 0 bridgehead atoms. The Hall–Kier alpha value is -1.56. The molecular formula is C12H14BrN3O2. The second kappa shape index (κ2) is 5.39. The van der Waals surface area contributed by atoms with Gasteiger partial charge in [0, 0.05) is 28.8 Å². The lowest BCUT2D eigenvalue weighted by Gasteiger charge is -2.19. The van der Waals surface area contributed by atoms with Crippen LogP contribution in [0.1, 0.15) is 16.8 Å². The van der Waals surface area contributed by atoms with E-state index >= 15 is 0 Å². The summed E-state index contributed by atoms with van der Waals surface area (Å²) in [4.78, 5) is 25.2. The molecule has 2 rings (SSSR count). The lowest BCUT2D eigenvalue weighted by atomic mass is 10.1. The molecule has 6 heteroatoms. The third-order valence-corrected chi connectivity index (χ3v) is 3.51. The molecule has 0 radical (unpaired) electrons. The number of hydrogen-bond donors (Lipinski definition) is 2. The van der Waals surface area contributed by atoms with E-state index in [0.29, 0.717) is 24.3 Å². The fraction of sp³-hybridized carbons (Fsp3) is 0.333. The minimum absolute atomic E-state index is 0.106. The number of hydrogen-bond acceptors (Lipinski definition) is 3. The van der Waals surface area contributed by atoms with Gasteiger partial charge in [-0.2, -0.15) is 0 Å². The molecule has 1 aromatic carbocycles. The Morgan fingerprint density at radius 1 is 1.44 bits per heavy atom. The van der Waals surface area contributed by atoms with Gasteiger partial charge in [0.1, 0.15) is 0 Å². The third-order valence-electron chi connectivity index (χ3n) is 2.79. The summed E-state index contributed by atoms with van der Waals surface area (Å²) in [6, 6.07) is 5.06. The number of carbonyl (C=O) groups is 2. The Balaban J connectivity index is 2.19. The smallest absolute Gasteiger partial charge is 0.254 e. The van der Waals surface area contributed by atoms with E-state index in [4.69, 9.17) is 5.73 Å². The van der Waals surface area contributed by atoms with Gasteiger partial charge in [0.15, 0.2) is 0 Å². The predicted molar refractivity (Wildman–Crippen MR) is 72.1 cm³/mol. The van der Waals surface area contributed by atoms with Crippen molar-refractivity contribution in [1.29, 1.82) is 0 Å². The maximum atomic E-state index is 12.2. The Morgan fingerprint density at radius 3 is 2.94 bits per heavy atom. The maximum Gasteiger partial charge on any atom is 0.254 e. The zero-order valence-corrected chi connectivity index (χ0v) is 11.4.